The molecule has 1 aromatic carbocycles. The summed E-state index contributed by atoms with van der Waals surface area (Å²) in [6, 6.07) is 11.4. The largest absolute Gasteiger partial charge is 0.399 e. The molecule has 0 aliphatic heterocycles. The van der Waals surface area contributed by atoms with Gasteiger partial charge in [-0.25, -0.2) is 9.97 Å². The van der Waals surface area contributed by atoms with Crippen molar-refractivity contribution in [1.29, 1.82) is 0 Å². The van der Waals surface area contributed by atoms with Crippen LogP contribution in [0.5, 0.6) is 0 Å². The highest BCUT2D eigenvalue weighted by molar-refractivity contribution is 7.99. The lowest BCUT2D eigenvalue weighted by molar-refractivity contribution is 0.917. The molecule has 3 heterocycles. The van der Waals surface area contributed by atoms with Crippen molar-refractivity contribution in [3.05, 3.63) is 48.9 Å². The fourth-order valence-corrected chi connectivity index (χ4v) is 2.99. The molecule has 0 unspecified atom stereocenters. The first-order chi connectivity index (χ1) is 10.3. The Morgan fingerprint density at radius 1 is 1.05 bits per heavy atom. The van der Waals surface area contributed by atoms with E-state index in [0.717, 1.165) is 26.7 Å². The summed E-state index contributed by atoms with van der Waals surface area (Å²) in [5.74, 6) is 0. The second-order valence-electron chi connectivity index (χ2n) is 4.47. The Morgan fingerprint density at radius 3 is 2.95 bits per heavy atom. The van der Waals surface area contributed by atoms with Crippen molar-refractivity contribution in [2.45, 2.75) is 10.2 Å². The van der Waals surface area contributed by atoms with E-state index in [9.17, 15) is 0 Å². The average Bonchev–Trinajstić information content (AvgIpc) is 2.91. The number of hydrogen-bond acceptors (Lipinski definition) is 6. The smallest absolute Gasteiger partial charge is 0.201 e. The summed E-state index contributed by atoms with van der Waals surface area (Å²) in [4.78, 5) is 8.60. The number of nitrogens with two attached hydrogens (primary N) is 1. The Balaban J connectivity index is 1.86. The minimum absolute atomic E-state index is 0.685. The van der Waals surface area contributed by atoms with Gasteiger partial charge in [-0.15, -0.1) is 10.2 Å². The molecule has 0 spiro atoms. The third-order valence-corrected chi connectivity index (χ3v) is 4.07. The van der Waals surface area contributed by atoms with Gasteiger partial charge in [0.15, 0.2) is 5.65 Å². The number of nitrogen functional groups attached to an aromatic ring is 1. The van der Waals surface area contributed by atoms with Crippen LogP contribution in [0, 0.1) is 0 Å². The van der Waals surface area contributed by atoms with Crippen molar-refractivity contribution in [2.24, 2.45) is 0 Å². The highest BCUT2D eigenvalue weighted by atomic mass is 32.2. The number of benzene rings is 1. The van der Waals surface area contributed by atoms with Gasteiger partial charge in [0, 0.05) is 17.3 Å². The molecule has 0 amide bonds. The van der Waals surface area contributed by atoms with Gasteiger partial charge in [-0.1, -0.05) is 6.07 Å². The zero-order valence-corrected chi connectivity index (χ0v) is 11.7. The molecule has 0 atom stereocenters. The Labute approximate surface area is 124 Å². The third kappa shape index (κ3) is 2.07. The van der Waals surface area contributed by atoms with Crippen molar-refractivity contribution in [2.75, 3.05) is 5.73 Å². The van der Waals surface area contributed by atoms with E-state index >= 15 is 0 Å². The average molecular weight is 294 g/mol. The molecule has 0 fully saturated rings. The molecule has 3 aromatic heterocycles. The highest BCUT2D eigenvalue weighted by Crippen LogP contribution is 2.30. The van der Waals surface area contributed by atoms with Crippen LogP contribution in [0.4, 0.5) is 5.69 Å². The molecule has 21 heavy (non-hydrogen) atoms. The van der Waals surface area contributed by atoms with E-state index < -0.39 is 0 Å². The molecule has 2 N–H and O–H groups in total. The number of anilines is 1. The zero-order valence-electron chi connectivity index (χ0n) is 10.8. The van der Waals surface area contributed by atoms with E-state index in [1.807, 2.05) is 47.0 Å². The predicted octanol–water partition coefficient (Wildman–Crippen LogP) is 2.41. The first-order valence-electron chi connectivity index (χ1n) is 6.29. The van der Waals surface area contributed by atoms with Gasteiger partial charge >= 0.3 is 0 Å². The number of fused-ring (bicyclic) bond motifs is 2. The molecule has 0 aliphatic carbocycles. The fraction of sp³-hybridized carbons (Fsp3) is 0. The van der Waals surface area contributed by atoms with E-state index in [1.54, 1.807) is 6.33 Å². The highest BCUT2D eigenvalue weighted by Gasteiger charge is 2.11. The summed E-state index contributed by atoms with van der Waals surface area (Å²) >= 11 is 1.44. The van der Waals surface area contributed by atoms with Crippen molar-refractivity contribution < 1.29 is 0 Å². The van der Waals surface area contributed by atoms with Crippen molar-refractivity contribution in [1.82, 2.24) is 24.6 Å². The molecule has 7 heteroatoms. The van der Waals surface area contributed by atoms with Crippen LogP contribution in [-0.2, 0) is 0 Å². The van der Waals surface area contributed by atoms with Gasteiger partial charge in [-0.3, -0.25) is 4.40 Å². The van der Waals surface area contributed by atoms with Crippen LogP contribution in [0.15, 0.2) is 59.1 Å². The molecule has 0 bridgehead atoms. The topological polar surface area (TPSA) is 82.0 Å². The van der Waals surface area contributed by atoms with E-state index in [1.165, 1.54) is 11.8 Å². The molecule has 0 saturated heterocycles. The van der Waals surface area contributed by atoms with Crippen molar-refractivity contribution >= 4 is 34.0 Å². The maximum Gasteiger partial charge on any atom is 0.201 e. The van der Waals surface area contributed by atoms with Gasteiger partial charge in [0.2, 0.25) is 5.16 Å². The first kappa shape index (κ1) is 12.1. The van der Waals surface area contributed by atoms with Gasteiger partial charge < -0.3 is 5.73 Å². The predicted molar refractivity (Wildman–Crippen MR) is 81.1 cm³/mol. The minimum Gasteiger partial charge on any atom is -0.399 e. The lowest BCUT2D eigenvalue weighted by atomic mass is 10.2. The third-order valence-electron chi connectivity index (χ3n) is 3.09. The Hall–Kier alpha value is -2.67. The molecule has 4 aromatic rings. The van der Waals surface area contributed by atoms with Crippen LogP contribution < -0.4 is 5.73 Å². The normalized spacial score (nSPS) is 11.2. The molecular weight excluding hydrogens is 284 g/mol. The number of aromatic nitrogens is 5. The van der Waals surface area contributed by atoms with Crippen LogP contribution >= 0.6 is 11.8 Å². The number of hydrogen-bond donors (Lipinski definition) is 1. The fourth-order valence-electron chi connectivity index (χ4n) is 2.11. The van der Waals surface area contributed by atoms with Gasteiger partial charge in [0.05, 0.1) is 5.52 Å². The summed E-state index contributed by atoms with van der Waals surface area (Å²) < 4.78 is 1.92. The molecule has 4 rings (SSSR count). The lowest BCUT2D eigenvalue weighted by Crippen LogP contribution is -1.92. The molecule has 102 valence electrons. The van der Waals surface area contributed by atoms with Crippen LogP contribution in [0.2, 0.25) is 0 Å². The van der Waals surface area contributed by atoms with E-state index in [4.69, 9.17) is 5.73 Å². The summed E-state index contributed by atoms with van der Waals surface area (Å²) in [6.45, 7) is 0. The second kappa shape index (κ2) is 4.71. The summed E-state index contributed by atoms with van der Waals surface area (Å²) in [5, 5.41) is 10.8. The standard InChI is InChI=1S/C14H10N6S/c15-9-4-5-11-10(7-9)13(17-8-16-11)21-14-19-18-12-3-1-2-6-20(12)14/h1-8H,15H2. The summed E-state index contributed by atoms with van der Waals surface area (Å²) in [6.07, 6.45) is 3.47. The quantitative estimate of drug-likeness (QED) is 0.451. The van der Waals surface area contributed by atoms with Crippen LogP contribution in [-0.4, -0.2) is 24.6 Å². The second-order valence-corrected chi connectivity index (χ2v) is 5.42. The number of pyridine rings is 1. The van der Waals surface area contributed by atoms with Gasteiger partial charge in [0.25, 0.3) is 0 Å². The molecule has 0 aliphatic rings. The van der Waals surface area contributed by atoms with E-state index in [0.29, 0.717) is 5.69 Å². The van der Waals surface area contributed by atoms with Crippen molar-refractivity contribution in [3.8, 4) is 0 Å². The Morgan fingerprint density at radius 2 is 2.00 bits per heavy atom. The molecule has 0 radical (unpaired) electrons. The van der Waals surface area contributed by atoms with Crippen molar-refractivity contribution in [3.63, 3.8) is 0 Å². The van der Waals surface area contributed by atoms with Crippen LogP contribution in [0.3, 0.4) is 0 Å². The van der Waals surface area contributed by atoms with Crippen LogP contribution in [0.25, 0.3) is 16.6 Å². The Kier molecular flexibility index (Phi) is 2.71. The van der Waals surface area contributed by atoms with Gasteiger partial charge in [-0.2, -0.15) is 0 Å². The molecule has 0 saturated carbocycles. The number of rotatable bonds is 2. The van der Waals surface area contributed by atoms with E-state index in [2.05, 4.69) is 20.2 Å². The minimum atomic E-state index is 0.685. The van der Waals surface area contributed by atoms with E-state index in [-0.39, 0.29) is 0 Å². The maximum absolute atomic E-state index is 5.86. The monoisotopic (exact) mass is 294 g/mol. The zero-order chi connectivity index (χ0) is 14.2. The van der Waals surface area contributed by atoms with Crippen LogP contribution in [0.1, 0.15) is 0 Å². The SMILES string of the molecule is Nc1ccc2ncnc(Sc3nnc4ccccn34)c2c1. The Bertz CT molecular complexity index is 948. The first-order valence-corrected chi connectivity index (χ1v) is 7.11. The number of nitrogens with zero attached hydrogens (tertiary/aromatic N) is 5. The lowest BCUT2D eigenvalue weighted by Gasteiger charge is -2.04. The summed E-state index contributed by atoms with van der Waals surface area (Å²) in [7, 11) is 0. The van der Waals surface area contributed by atoms with Gasteiger partial charge in [0.1, 0.15) is 11.4 Å². The summed E-state index contributed by atoms with van der Waals surface area (Å²) in [5.41, 5.74) is 8.20. The molecular formula is C14H10N6S. The maximum atomic E-state index is 5.86. The van der Waals surface area contributed by atoms with Gasteiger partial charge in [-0.05, 0) is 42.1 Å². The molecule has 6 nitrogen and oxygen atoms in total.